The topological polar surface area (TPSA) is 75.4 Å². The normalized spacial score (nSPS) is 24.2. The Morgan fingerprint density at radius 3 is 3.06 bits per heavy atom. The van der Waals surface area contributed by atoms with Gasteiger partial charge >= 0.3 is 6.03 Å². The fraction of sp³-hybridized carbons (Fsp3) is 0.455. The molecule has 0 aromatic heterocycles. The van der Waals surface area contributed by atoms with Gasteiger partial charge in [-0.25, -0.2) is 4.79 Å². The molecule has 0 aromatic rings. The van der Waals surface area contributed by atoms with Crippen molar-refractivity contribution in [3.05, 3.63) is 23.5 Å². The Balaban J connectivity index is 2.32. The summed E-state index contributed by atoms with van der Waals surface area (Å²) in [5, 5.41) is 2.73. The van der Waals surface area contributed by atoms with Crippen LogP contribution in [0.15, 0.2) is 23.5 Å². The highest BCUT2D eigenvalue weighted by Gasteiger charge is 2.30. The Morgan fingerprint density at radius 2 is 2.41 bits per heavy atom. The van der Waals surface area contributed by atoms with Crippen molar-refractivity contribution in [2.75, 3.05) is 6.00 Å². The van der Waals surface area contributed by atoms with Gasteiger partial charge in [-0.15, -0.1) is 11.6 Å². The van der Waals surface area contributed by atoms with Crippen molar-refractivity contribution >= 4 is 23.5 Å². The zero-order chi connectivity index (χ0) is 12.4. The molecule has 0 saturated heterocycles. The van der Waals surface area contributed by atoms with E-state index in [1.165, 1.54) is 4.90 Å². The minimum atomic E-state index is -0.400. The molecule has 3 N–H and O–H groups in total. The number of amides is 3. The van der Waals surface area contributed by atoms with Crippen LogP contribution in [-0.4, -0.2) is 22.8 Å². The van der Waals surface area contributed by atoms with Crippen LogP contribution in [0.5, 0.6) is 0 Å². The van der Waals surface area contributed by atoms with Gasteiger partial charge in [-0.1, -0.05) is 0 Å². The van der Waals surface area contributed by atoms with E-state index >= 15 is 0 Å². The van der Waals surface area contributed by atoms with Crippen LogP contribution in [0.25, 0.3) is 0 Å². The Hall–Kier alpha value is -1.49. The van der Waals surface area contributed by atoms with Crippen molar-refractivity contribution in [2.24, 2.45) is 11.7 Å². The molecule has 3 amide bonds. The first kappa shape index (κ1) is 12.0. The van der Waals surface area contributed by atoms with E-state index in [0.717, 1.165) is 18.4 Å². The molecule has 6 heteroatoms. The van der Waals surface area contributed by atoms with Gasteiger partial charge in [0.15, 0.2) is 0 Å². The summed E-state index contributed by atoms with van der Waals surface area (Å²) in [5.74, 6) is -0.798. The van der Waals surface area contributed by atoms with Gasteiger partial charge in [0.05, 0.1) is 5.92 Å². The number of hydrogen-bond acceptors (Lipinski definition) is 2. The predicted octanol–water partition coefficient (Wildman–Crippen LogP) is 1.26. The molecule has 0 saturated carbocycles. The van der Waals surface area contributed by atoms with Gasteiger partial charge in [-0.3, -0.25) is 9.69 Å². The number of nitrogens with one attached hydrogen (secondary N) is 1. The third kappa shape index (κ3) is 2.29. The Kier molecular flexibility index (Phi) is 3.38. The number of carbonyl (C=O) groups is 2. The van der Waals surface area contributed by atoms with Crippen LogP contribution in [0.1, 0.15) is 19.3 Å². The summed E-state index contributed by atoms with van der Waals surface area (Å²) in [4.78, 5) is 24.5. The molecule has 17 heavy (non-hydrogen) atoms. The van der Waals surface area contributed by atoms with E-state index in [-0.39, 0.29) is 12.0 Å². The number of primary amides is 1. The summed E-state index contributed by atoms with van der Waals surface area (Å²) in [6.45, 7) is 0. The zero-order valence-corrected chi connectivity index (χ0v) is 10.0. The number of urea groups is 1. The molecule has 0 aromatic carbocycles. The third-order valence-electron chi connectivity index (χ3n) is 3.06. The second kappa shape index (κ2) is 4.79. The first-order valence-electron chi connectivity index (χ1n) is 5.47. The zero-order valence-electron chi connectivity index (χ0n) is 9.28. The van der Waals surface area contributed by atoms with Gasteiger partial charge < -0.3 is 11.1 Å². The maximum Gasteiger partial charge on any atom is 0.326 e. The van der Waals surface area contributed by atoms with Crippen LogP contribution in [0.2, 0.25) is 0 Å². The monoisotopic (exact) mass is 255 g/mol. The lowest BCUT2D eigenvalue weighted by Gasteiger charge is -2.25. The smallest absolute Gasteiger partial charge is 0.326 e. The number of carbonyl (C=O) groups excluding carboxylic acids is 2. The molecule has 1 aliphatic heterocycles. The van der Waals surface area contributed by atoms with Crippen molar-refractivity contribution in [2.45, 2.75) is 19.3 Å². The summed E-state index contributed by atoms with van der Waals surface area (Å²) >= 11 is 5.65. The summed E-state index contributed by atoms with van der Waals surface area (Å²) in [6.07, 6.45) is 5.88. The highest BCUT2D eigenvalue weighted by atomic mass is 35.5. The second-order valence-electron chi connectivity index (χ2n) is 4.12. The minimum absolute atomic E-state index is 0.0735. The summed E-state index contributed by atoms with van der Waals surface area (Å²) in [7, 11) is 0. The van der Waals surface area contributed by atoms with Crippen LogP contribution >= 0.6 is 11.6 Å². The molecular weight excluding hydrogens is 242 g/mol. The van der Waals surface area contributed by atoms with Crippen LogP contribution in [0.3, 0.4) is 0 Å². The molecule has 0 fully saturated rings. The third-order valence-corrected chi connectivity index (χ3v) is 3.32. The highest BCUT2D eigenvalue weighted by Crippen LogP contribution is 2.30. The van der Waals surface area contributed by atoms with Crippen LogP contribution in [-0.2, 0) is 4.79 Å². The number of nitrogens with two attached hydrogens (primary N) is 1. The van der Waals surface area contributed by atoms with Crippen molar-refractivity contribution < 1.29 is 9.59 Å². The van der Waals surface area contributed by atoms with Gasteiger partial charge in [0, 0.05) is 11.9 Å². The standard InChI is InChI=1S/C11H14ClN3O2/c12-6-15-5-4-7-2-1-3-8(10(13)16)9(7)14-11(15)17/h4-5,8H,1-3,6H2,(H2,13,16)(H,14,17). The van der Waals surface area contributed by atoms with Gasteiger partial charge in [-0.05, 0) is 30.9 Å². The average molecular weight is 256 g/mol. The molecule has 5 nitrogen and oxygen atoms in total. The lowest BCUT2D eigenvalue weighted by molar-refractivity contribution is -0.121. The number of hydrogen-bond donors (Lipinski definition) is 2. The molecule has 2 aliphatic rings. The lowest BCUT2D eigenvalue weighted by atomic mass is 9.86. The number of nitrogens with zero attached hydrogens (tertiary/aromatic N) is 1. The molecule has 92 valence electrons. The molecule has 1 heterocycles. The van der Waals surface area contributed by atoms with Crippen molar-refractivity contribution in [1.82, 2.24) is 10.2 Å². The number of allylic oxidation sites excluding steroid dienone is 2. The Bertz CT molecular complexity index is 417. The van der Waals surface area contributed by atoms with E-state index in [4.69, 9.17) is 17.3 Å². The van der Waals surface area contributed by atoms with E-state index < -0.39 is 11.8 Å². The first-order chi connectivity index (χ1) is 8.13. The largest absolute Gasteiger partial charge is 0.369 e. The van der Waals surface area contributed by atoms with Crippen molar-refractivity contribution in [1.29, 1.82) is 0 Å². The van der Waals surface area contributed by atoms with Crippen LogP contribution in [0.4, 0.5) is 4.79 Å². The van der Waals surface area contributed by atoms with Gasteiger partial charge in [-0.2, -0.15) is 0 Å². The number of rotatable bonds is 2. The van der Waals surface area contributed by atoms with E-state index in [9.17, 15) is 9.59 Å². The fourth-order valence-electron chi connectivity index (χ4n) is 2.15. The molecule has 2 rings (SSSR count). The van der Waals surface area contributed by atoms with Crippen LogP contribution < -0.4 is 11.1 Å². The first-order valence-corrected chi connectivity index (χ1v) is 6.01. The van der Waals surface area contributed by atoms with Gasteiger partial charge in [0.1, 0.15) is 6.00 Å². The molecule has 1 aliphatic carbocycles. The predicted molar refractivity (Wildman–Crippen MR) is 63.8 cm³/mol. The summed E-state index contributed by atoms with van der Waals surface area (Å²) in [6, 6.07) is -0.251. The maximum atomic E-state index is 11.8. The van der Waals surface area contributed by atoms with E-state index in [0.29, 0.717) is 12.1 Å². The fourth-order valence-corrected chi connectivity index (χ4v) is 2.34. The van der Waals surface area contributed by atoms with E-state index in [2.05, 4.69) is 5.32 Å². The number of halogens is 1. The molecule has 0 radical (unpaired) electrons. The second-order valence-corrected chi connectivity index (χ2v) is 4.36. The highest BCUT2D eigenvalue weighted by molar-refractivity contribution is 6.18. The quantitative estimate of drug-likeness (QED) is 0.576. The Morgan fingerprint density at radius 1 is 1.65 bits per heavy atom. The molecule has 1 atom stereocenters. The van der Waals surface area contributed by atoms with E-state index in [1.807, 2.05) is 6.08 Å². The minimum Gasteiger partial charge on any atom is -0.369 e. The van der Waals surface area contributed by atoms with Gasteiger partial charge in [0.25, 0.3) is 0 Å². The Labute approximate surface area is 104 Å². The SMILES string of the molecule is NC(=O)C1CCCC2=C1NC(=O)N(CCl)C=C2. The van der Waals surface area contributed by atoms with Crippen molar-refractivity contribution in [3.63, 3.8) is 0 Å². The molecule has 0 bridgehead atoms. The molecular formula is C11H14ClN3O2. The number of alkyl halides is 1. The maximum absolute atomic E-state index is 11.8. The summed E-state index contributed by atoms with van der Waals surface area (Å²) < 4.78 is 0. The van der Waals surface area contributed by atoms with Crippen molar-refractivity contribution in [3.8, 4) is 0 Å². The lowest BCUT2D eigenvalue weighted by Crippen LogP contribution is -2.40. The van der Waals surface area contributed by atoms with Gasteiger partial charge in [0.2, 0.25) is 5.91 Å². The van der Waals surface area contributed by atoms with E-state index in [1.54, 1.807) is 6.20 Å². The average Bonchev–Trinajstić information content (AvgIpc) is 2.46. The molecule has 0 spiro atoms. The summed E-state index contributed by atoms with van der Waals surface area (Å²) in [5.41, 5.74) is 6.95. The van der Waals surface area contributed by atoms with Crippen LogP contribution in [0, 0.1) is 5.92 Å². The molecule has 1 unspecified atom stereocenters.